The van der Waals surface area contributed by atoms with Gasteiger partial charge in [0.25, 0.3) is 0 Å². The van der Waals surface area contributed by atoms with Crippen LogP contribution >= 0.6 is 0 Å². The van der Waals surface area contributed by atoms with E-state index >= 15 is 0 Å². The zero-order valence-electron chi connectivity index (χ0n) is 10.3. The number of likely N-dealkylation sites (tertiary alicyclic amines) is 1. The van der Waals surface area contributed by atoms with Crippen molar-refractivity contribution in [3.05, 3.63) is 0 Å². The van der Waals surface area contributed by atoms with Crippen LogP contribution in [0.1, 0.15) is 20.3 Å². The van der Waals surface area contributed by atoms with Crippen LogP contribution in [-0.2, 0) is 4.79 Å². The Morgan fingerprint density at radius 3 is 2.67 bits per heavy atom. The smallest absolute Gasteiger partial charge is 0.240 e. The van der Waals surface area contributed by atoms with Crippen molar-refractivity contribution >= 4 is 5.91 Å². The number of carbonyl (C=O) groups is 1. The van der Waals surface area contributed by atoms with Gasteiger partial charge in [-0.2, -0.15) is 0 Å². The maximum absolute atomic E-state index is 12.0. The van der Waals surface area contributed by atoms with Crippen LogP contribution in [0.4, 0.5) is 0 Å². The number of nitrogens with zero attached hydrogens (tertiary/aromatic N) is 2. The molecule has 1 heterocycles. The summed E-state index contributed by atoms with van der Waals surface area (Å²) in [7, 11) is 3.71. The molecule has 1 unspecified atom stereocenters. The fourth-order valence-corrected chi connectivity index (χ4v) is 1.98. The fraction of sp³-hybridized carbons (Fsp3) is 0.909. The predicted octanol–water partition coefficient (Wildman–Crippen LogP) is 0.352. The highest BCUT2D eigenvalue weighted by molar-refractivity contribution is 5.82. The number of rotatable bonds is 5. The maximum Gasteiger partial charge on any atom is 0.240 e. The Kier molecular flexibility index (Phi) is 4.54. The summed E-state index contributed by atoms with van der Waals surface area (Å²) in [5.41, 5.74) is 0. The molecule has 4 heteroatoms. The molecule has 0 aromatic carbocycles. The first-order chi connectivity index (χ1) is 7.06. The minimum absolute atomic E-state index is 0.130. The SMILES string of the molecule is CNCN(C)C(=O)C1CCN1CC(C)C. The Balaban J connectivity index is 2.40. The molecule has 1 saturated heterocycles. The second-order valence-electron chi connectivity index (χ2n) is 4.74. The molecule has 1 atom stereocenters. The number of likely N-dealkylation sites (N-methyl/N-ethyl adjacent to an activating group) is 1. The van der Waals surface area contributed by atoms with Gasteiger partial charge >= 0.3 is 0 Å². The van der Waals surface area contributed by atoms with E-state index in [1.165, 1.54) is 0 Å². The maximum atomic E-state index is 12.0. The van der Waals surface area contributed by atoms with Gasteiger partial charge in [0.15, 0.2) is 0 Å². The third kappa shape index (κ3) is 3.18. The predicted molar refractivity (Wildman–Crippen MR) is 61.5 cm³/mol. The molecule has 1 aliphatic heterocycles. The molecule has 0 aliphatic carbocycles. The first kappa shape index (κ1) is 12.5. The minimum atomic E-state index is 0.130. The van der Waals surface area contributed by atoms with Crippen LogP contribution in [0.5, 0.6) is 0 Å². The number of hydrogen-bond donors (Lipinski definition) is 1. The topological polar surface area (TPSA) is 35.6 Å². The normalized spacial score (nSPS) is 21.5. The van der Waals surface area contributed by atoms with E-state index in [1.807, 2.05) is 14.1 Å². The van der Waals surface area contributed by atoms with Gasteiger partial charge in [-0.3, -0.25) is 9.69 Å². The van der Waals surface area contributed by atoms with Crippen LogP contribution in [0.2, 0.25) is 0 Å². The van der Waals surface area contributed by atoms with Gasteiger partial charge in [0.1, 0.15) is 0 Å². The lowest BCUT2D eigenvalue weighted by molar-refractivity contribution is -0.140. The molecule has 1 aliphatic rings. The molecule has 0 bridgehead atoms. The molecule has 15 heavy (non-hydrogen) atoms. The van der Waals surface area contributed by atoms with E-state index in [0.29, 0.717) is 12.6 Å². The monoisotopic (exact) mass is 213 g/mol. The van der Waals surface area contributed by atoms with Gasteiger partial charge in [-0.15, -0.1) is 0 Å². The molecule has 88 valence electrons. The highest BCUT2D eigenvalue weighted by Crippen LogP contribution is 2.20. The van der Waals surface area contributed by atoms with Gasteiger partial charge in [0.05, 0.1) is 12.7 Å². The molecule has 0 saturated carbocycles. The summed E-state index contributed by atoms with van der Waals surface area (Å²) in [6, 6.07) is 0.130. The number of hydrogen-bond acceptors (Lipinski definition) is 3. The number of nitrogens with one attached hydrogen (secondary N) is 1. The van der Waals surface area contributed by atoms with Crippen molar-refractivity contribution in [2.45, 2.75) is 26.3 Å². The van der Waals surface area contributed by atoms with E-state index < -0.39 is 0 Å². The summed E-state index contributed by atoms with van der Waals surface area (Å²) < 4.78 is 0. The van der Waals surface area contributed by atoms with Crippen molar-refractivity contribution in [3.8, 4) is 0 Å². The van der Waals surface area contributed by atoms with Gasteiger partial charge in [-0.25, -0.2) is 0 Å². The quantitative estimate of drug-likeness (QED) is 0.670. The van der Waals surface area contributed by atoms with E-state index in [4.69, 9.17) is 0 Å². The van der Waals surface area contributed by atoms with Crippen molar-refractivity contribution in [2.24, 2.45) is 5.92 Å². The van der Waals surface area contributed by atoms with Gasteiger partial charge in [0, 0.05) is 20.1 Å². The van der Waals surface area contributed by atoms with Crippen molar-refractivity contribution in [3.63, 3.8) is 0 Å². The number of amides is 1. The second-order valence-corrected chi connectivity index (χ2v) is 4.74. The molecule has 1 amide bonds. The van der Waals surface area contributed by atoms with Crippen LogP contribution in [0.3, 0.4) is 0 Å². The summed E-state index contributed by atoms with van der Waals surface area (Å²) in [4.78, 5) is 16.0. The van der Waals surface area contributed by atoms with E-state index in [9.17, 15) is 4.79 Å². The molecule has 1 N–H and O–H groups in total. The first-order valence-corrected chi connectivity index (χ1v) is 5.70. The molecule has 0 aromatic rings. The zero-order chi connectivity index (χ0) is 11.4. The minimum Gasteiger partial charge on any atom is -0.332 e. The lowest BCUT2D eigenvalue weighted by atomic mass is 9.99. The molecule has 4 nitrogen and oxygen atoms in total. The molecule has 0 aromatic heterocycles. The largest absolute Gasteiger partial charge is 0.332 e. The van der Waals surface area contributed by atoms with Crippen LogP contribution in [0, 0.1) is 5.92 Å². The van der Waals surface area contributed by atoms with Gasteiger partial charge in [-0.05, 0) is 19.4 Å². The van der Waals surface area contributed by atoms with Crippen LogP contribution in [-0.4, -0.2) is 55.6 Å². The Bertz CT molecular complexity index is 218. The molecular weight excluding hydrogens is 190 g/mol. The first-order valence-electron chi connectivity index (χ1n) is 5.70. The Hall–Kier alpha value is -0.610. The third-order valence-electron chi connectivity index (χ3n) is 2.79. The molecule has 0 radical (unpaired) electrons. The van der Waals surface area contributed by atoms with Crippen LogP contribution < -0.4 is 5.32 Å². The van der Waals surface area contributed by atoms with Crippen molar-refractivity contribution in [1.29, 1.82) is 0 Å². The van der Waals surface area contributed by atoms with E-state index in [2.05, 4.69) is 24.1 Å². The van der Waals surface area contributed by atoms with E-state index in [0.717, 1.165) is 19.5 Å². The van der Waals surface area contributed by atoms with Gasteiger partial charge in [-0.1, -0.05) is 13.8 Å². The highest BCUT2D eigenvalue weighted by Gasteiger charge is 2.35. The summed E-state index contributed by atoms with van der Waals surface area (Å²) in [6.07, 6.45) is 1.01. The summed E-state index contributed by atoms with van der Waals surface area (Å²) in [5, 5.41) is 2.99. The Labute approximate surface area is 92.6 Å². The zero-order valence-corrected chi connectivity index (χ0v) is 10.3. The van der Waals surface area contributed by atoms with E-state index in [-0.39, 0.29) is 11.9 Å². The van der Waals surface area contributed by atoms with Gasteiger partial charge in [0.2, 0.25) is 5.91 Å². The average Bonchev–Trinajstić information content (AvgIpc) is 2.12. The van der Waals surface area contributed by atoms with Crippen LogP contribution in [0.25, 0.3) is 0 Å². The van der Waals surface area contributed by atoms with Crippen LogP contribution in [0.15, 0.2) is 0 Å². The van der Waals surface area contributed by atoms with Gasteiger partial charge < -0.3 is 10.2 Å². The Morgan fingerprint density at radius 2 is 2.27 bits per heavy atom. The Morgan fingerprint density at radius 1 is 1.60 bits per heavy atom. The third-order valence-corrected chi connectivity index (χ3v) is 2.79. The molecule has 0 spiro atoms. The van der Waals surface area contributed by atoms with Crippen molar-refractivity contribution in [1.82, 2.24) is 15.1 Å². The highest BCUT2D eigenvalue weighted by atomic mass is 16.2. The lowest BCUT2D eigenvalue weighted by Crippen LogP contribution is -2.57. The standard InChI is InChI=1S/C11H23N3O/c1-9(2)7-14-6-5-10(14)11(15)13(4)8-12-3/h9-10,12H,5-8H2,1-4H3. The molecular formula is C11H23N3O. The average molecular weight is 213 g/mol. The van der Waals surface area contributed by atoms with Crippen molar-refractivity contribution < 1.29 is 4.79 Å². The van der Waals surface area contributed by atoms with E-state index in [1.54, 1.807) is 4.90 Å². The molecule has 1 fully saturated rings. The second kappa shape index (κ2) is 5.47. The van der Waals surface area contributed by atoms with Crippen molar-refractivity contribution in [2.75, 3.05) is 33.9 Å². The molecule has 1 rings (SSSR count). The summed E-state index contributed by atoms with van der Waals surface area (Å²) in [6.45, 7) is 7.12. The fourth-order valence-electron chi connectivity index (χ4n) is 1.98. The summed E-state index contributed by atoms with van der Waals surface area (Å²) >= 11 is 0. The number of carbonyl (C=O) groups excluding carboxylic acids is 1. The lowest BCUT2D eigenvalue weighted by Gasteiger charge is -2.42. The summed E-state index contributed by atoms with van der Waals surface area (Å²) in [5.74, 6) is 0.881.